The molecule has 0 N–H and O–H groups in total. The second-order valence-corrected chi connectivity index (χ2v) is 6.87. The first-order valence-corrected chi connectivity index (χ1v) is 7.93. The molecule has 0 atom stereocenters. The summed E-state index contributed by atoms with van der Waals surface area (Å²) in [5.41, 5.74) is 0.0878. The Hall–Kier alpha value is 0.940. The second kappa shape index (κ2) is 7.39. The van der Waals surface area contributed by atoms with Crippen LogP contribution in [0.5, 0.6) is 0 Å². The van der Waals surface area contributed by atoms with Crippen LogP contribution < -0.4 is 0 Å². The van der Waals surface area contributed by atoms with Crippen LogP contribution in [0.4, 0.5) is 0 Å². The molecule has 0 aromatic carbocycles. The molecule has 0 amide bonds. The third-order valence-electron chi connectivity index (χ3n) is 3.21. The largest absolute Gasteiger partial charge is 0.328 e. The second-order valence-electron chi connectivity index (χ2n) is 5.78. The van der Waals surface area contributed by atoms with Crippen molar-refractivity contribution in [1.82, 2.24) is 4.42 Å². The molecule has 0 aliphatic carbocycles. The average Bonchev–Trinajstić information content (AvgIpc) is 2.23. The van der Waals surface area contributed by atoms with E-state index in [1.807, 2.05) is 4.42 Å². The van der Waals surface area contributed by atoms with Gasteiger partial charge in [-0.3, -0.25) is 0 Å². The van der Waals surface area contributed by atoms with Crippen molar-refractivity contribution in [1.29, 1.82) is 0 Å². The highest BCUT2D eigenvalue weighted by Gasteiger charge is 2.28. The Kier molecular flexibility index (Phi) is 7.83. The van der Waals surface area contributed by atoms with Gasteiger partial charge in [0.15, 0.2) is 0 Å². The molecular weight excluding hydrogens is 335 g/mol. The minimum absolute atomic E-state index is 0.0878. The lowest BCUT2D eigenvalue weighted by atomic mass is 10.0. The quantitative estimate of drug-likeness (QED) is 0.208. The molecule has 0 aliphatic heterocycles. The molecule has 0 aromatic rings. The molecule has 0 saturated heterocycles. The number of hydrogen-bond acceptors (Lipinski definition) is 1. The lowest BCUT2D eigenvalue weighted by Gasteiger charge is -2.36. The number of nitrogens with zero attached hydrogens (tertiary/aromatic N) is 2. The van der Waals surface area contributed by atoms with Crippen molar-refractivity contribution >= 4 is 34.4 Å². The minimum Gasteiger partial charge on any atom is -0.328 e. The van der Waals surface area contributed by atoms with Crippen LogP contribution in [0.15, 0.2) is 0 Å². The summed E-state index contributed by atoms with van der Waals surface area (Å²) in [6.45, 7) is 9.14. The van der Waals surface area contributed by atoms with Gasteiger partial charge in [-0.1, -0.05) is 35.9 Å². The monoisotopic (exact) mass is 361 g/mol. The Morgan fingerprint density at radius 3 is 2.25 bits per heavy atom. The molecule has 98 valence electrons. The summed E-state index contributed by atoms with van der Waals surface area (Å²) in [6.07, 6.45) is 3.72. The van der Waals surface area contributed by atoms with E-state index in [9.17, 15) is 0 Å². The summed E-state index contributed by atoms with van der Waals surface area (Å²) < 4.78 is 3.88. The van der Waals surface area contributed by atoms with Crippen molar-refractivity contribution in [3.05, 3.63) is 0 Å². The van der Waals surface area contributed by atoms with Gasteiger partial charge in [0.1, 0.15) is 0 Å². The van der Waals surface area contributed by atoms with Gasteiger partial charge in [-0.15, -0.1) is 0 Å². The molecule has 0 fully saturated rings. The minimum atomic E-state index is 0.0878. The van der Waals surface area contributed by atoms with Crippen LogP contribution in [0, 0.1) is 0 Å². The molecule has 0 saturated carbocycles. The lowest BCUT2D eigenvalue weighted by Crippen LogP contribution is -2.46. The van der Waals surface area contributed by atoms with E-state index >= 15 is 0 Å². The van der Waals surface area contributed by atoms with E-state index in [4.69, 9.17) is 11.8 Å². The Morgan fingerprint density at radius 1 is 1.25 bits per heavy atom. The Labute approximate surface area is 120 Å². The highest BCUT2D eigenvalue weighted by Crippen LogP contribution is 2.23. The molecule has 0 radical (unpaired) electrons. The number of hydrogen-bond donors (Lipinski definition) is 0. The van der Waals surface area contributed by atoms with Gasteiger partial charge in [0, 0.05) is 12.0 Å². The first-order valence-electron chi connectivity index (χ1n) is 6.06. The standard InChI is InChI=1S/C12H27ClIN2/c1-6-7-9-16(4,5)10-8-12(2,3)15(13)11-14/h6-11H2,1-5H3/q+1. The van der Waals surface area contributed by atoms with E-state index in [1.165, 1.54) is 25.9 Å². The van der Waals surface area contributed by atoms with Crippen molar-refractivity contribution in [2.75, 3.05) is 31.7 Å². The molecule has 16 heavy (non-hydrogen) atoms. The number of halogens is 2. The van der Waals surface area contributed by atoms with Gasteiger partial charge in [0.25, 0.3) is 0 Å². The van der Waals surface area contributed by atoms with E-state index in [2.05, 4.69) is 57.5 Å². The topological polar surface area (TPSA) is 3.24 Å². The first kappa shape index (κ1) is 16.9. The summed E-state index contributed by atoms with van der Waals surface area (Å²) >= 11 is 8.52. The first-order chi connectivity index (χ1) is 7.25. The number of quaternary nitrogens is 1. The van der Waals surface area contributed by atoms with E-state index in [0.717, 1.165) is 15.5 Å². The molecule has 0 aromatic heterocycles. The van der Waals surface area contributed by atoms with E-state index in [0.29, 0.717) is 0 Å². The zero-order chi connectivity index (χ0) is 12.8. The fourth-order valence-corrected chi connectivity index (χ4v) is 2.57. The van der Waals surface area contributed by atoms with Gasteiger partial charge < -0.3 is 4.48 Å². The highest BCUT2D eigenvalue weighted by atomic mass is 127. The van der Waals surface area contributed by atoms with Crippen molar-refractivity contribution in [2.45, 2.75) is 45.6 Å². The van der Waals surface area contributed by atoms with Gasteiger partial charge >= 0.3 is 0 Å². The lowest BCUT2D eigenvalue weighted by molar-refractivity contribution is -0.891. The molecule has 0 spiro atoms. The van der Waals surface area contributed by atoms with Gasteiger partial charge in [-0.05, 0) is 32.0 Å². The molecule has 0 rings (SSSR count). The van der Waals surface area contributed by atoms with Crippen LogP contribution in [0.3, 0.4) is 0 Å². The fourth-order valence-electron chi connectivity index (χ4n) is 1.56. The predicted molar refractivity (Wildman–Crippen MR) is 82.0 cm³/mol. The van der Waals surface area contributed by atoms with Gasteiger partial charge in [-0.25, -0.2) is 4.42 Å². The smallest absolute Gasteiger partial charge is 0.0800 e. The maximum atomic E-state index is 6.21. The van der Waals surface area contributed by atoms with E-state index in [1.54, 1.807) is 0 Å². The number of alkyl halides is 1. The van der Waals surface area contributed by atoms with E-state index in [-0.39, 0.29) is 5.54 Å². The molecule has 0 heterocycles. The summed E-state index contributed by atoms with van der Waals surface area (Å²) in [7, 11) is 4.63. The molecular formula is C12H27ClIN2+. The maximum Gasteiger partial charge on any atom is 0.0800 e. The van der Waals surface area contributed by atoms with Crippen LogP contribution in [0.25, 0.3) is 0 Å². The van der Waals surface area contributed by atoms with Crippen LogP contribution in [-0.2, 0) is 0 Å². The summed E-state index contributed by atoms with van der Waals surface area (Å²) in [5, 5.41) is 0. The van der Waals surface area contributed by atoms with Gasteiger partial charge in [0.05, 0.1) is 31.7 Å². The Balaban J connectivity index is 4.11. The normalized spacial score (nSPS) is 13.5. The van der Waals surface area contributed by atoms with Crippen LogP contribution in [0.2, 0.25) is 0 Å². The van der Waals surface area contributed by atoms with Gasteiger partial charge in [0.2, 0.25) is 0 Å². The average molecular weight is 362 g/mol. The summed E-state index contributed by atoms with van der Waals surface area (Å²) in [4.78, 5) is 0. The third-order valence-corrected chi connectivity index (χ3v) is 4.87. The Bertz CT molecular complexity index is 195. The van der Waals surface area contributed by atoms with Gasteiger partial charge in [-0.2, -0.15) is 0 Å². The summed E-state index contributed by atoms with van der Waals surface area (Å²) in [5.74, 6) is 0. The van der Waals surface area contributed by atoms with Crippen molar-refractivity contribution < 1.29 is 4.48 Å². The number of rotatable bonds is 8. The van der Waals surface area contributed by atoms with Crippen LogP contribution >= 0.6 is 34.4 Å². The molecule has 2 nitrogen and oxygen atoms in total. The zero-order valence-corrected chi connectivity index (χ0v) is 14.3. The maximum absolute atomic E-state index is 6.21. The molecule has 4 heteroatoms. The zero-order valence-electron chi connectivity index (χ0n) is 11.4. The van der Waals surface area contributed by atoms with Crippen LogP contribution in [0.1, 0.15) is 40.0 Å². The highest BCUT2D eigenvalue weighted by molar-refractivity contribution is 14.1. The number of unbranched alkanes of at least 4 members (excludes halogenated alkanes) is 1. The fraction of sp³-hybridized carbons (Fsp3) is 1.00. The molecule has 0 unspecified atom stereocenters. The van der Waals surface area contributed by atoms with Crippen molar-refractivity contribution in [3.63, 3.8) is 0 Å². The Morgan fingerprint density at radius 2 is 1.81 bits per heavy atom. The summed E-state index contributed by atoms with van der Waals surface area (Å²) in [6, 6.07) is 0. The molecule has 0 aliphatic rings. The van der Waals surface area contributed by atoms with E-state index < -0.39 is 0 Å². The predicted octanol–water partition coefficient (Wildman–Crippen LogP) is 3.88. The van der Waals surface area contributed by atoms with Crippen LogP contribution in [-0.4, -0.2) is 46.2 Å². The van der Waals surface area contributed by atoms with Crippen molar-refractivity contribution in [2.24, 2.45) is 0 Å². The SMILES string of the molecule is CCCC[N+](C)(C)CCC(C)(C)N(Cl)CI. The third kappa shape index (κ3) is 6.62. The van der Waals surface area contributed by atoms with Crippen molar-refractivity contribution in [3.8, 4) is 0 Å². The molecule has 0 bridgehead atoms.